The second kappa shape index (κ2) is 21.5. The number of anilines is 1. The molecule has 0 saturated heterocycles. The van der Waals surface area contributed by atoms with Gasteiger partial charge in [0.05, 0.1) is 18.4 Å². The molecule has 0 fully saturated rings. The van der Waals surface area contributed by atoms with Crippen molar-refractivity contribution >= 4 is 35.4 Å². The van der Waals surface area contributed by atoms with Gasteiger partial charge in [-0.3, -0.25) is 14.7 Å². The Labute approximate surface area is 321 Å². The molecule has 0 spiro atoms. The molecule has 1 aliphatic heterocycles. The van der Waals surface area contributed by atoms with Crippen LogP contribution in [0.3, 0.4) is 0 Å². The maximum atomic E-state index is 15.2. The molecule has 2 amide bonds. The van der Waals surface area contributed by atoms with Crippen LogP contribution in [-0.4, -0.2) is 142 Å². The van der Waals surface area contributed by atoms with E-state index in [1.165, 1.54) is 12.3 Å². The summed E-state index contributed by atoms with van der Waals surface area (Å²) in [4.78, 5) is 58.7. The average molecular weight is 851 g/mol. The summed E-state index contributed by atoms with van der Waals surface area (Å²) in [5.41, 5.74) is 3.12. The van der Waals surface area contributed by atoms with Gasteiger partial charge in [0.2, 0.25) is 11.8 Å². The normalized spacial score (nSPS) is 13.7. The summed E-state index contributed by atoms with van der Waals surface area (Å²) >= 11 is 0. The molecular weight excluding hydrogens is 814 g/mol. The smallest absolute Gasteiger partial charge is 0.490 e. The number of fused-ring (bicyclic) bond motifs is 1. The van der Waals surface area contributed by atoms with Crippen LogP contribution in [0.5, 0.6) is 5.75 Å². The molecule has 1 atom stereocenters. The lowest BCUT2D eigenvalue weighted by atomic mass is 9.93. The zero-order valence-corrected chi connectivity index (χ0v) is 30.6. The fourth-order valence-electron chi connectivity index (χ4n) is 4.32. The SMILES string of the molecule is CN(C)CCOc1cc(-c2cn[nH]c2)c(F)cc1NC(=O)[C@H]1Cc2ccccc2CN1C(=O)CN(C)C.O=C(O)C(F)(F)F.O=C(O)C(F)(F)F.O=C(O)C(F)(F)F. The first-order chi connectivity index (χ1) is 26.6. The van der Waals surface area contributed by atoms with Crippen molar-refractivity contribution < 1.29 is 87.9 Å². The van der Waals surface area contributed by atoms with Gasteiger partial charge in [-0.2, -0.15) is 44.6 Å². The number of aromatic amines is 1. The van der Waals surface area contributed by atoms with E-state index in [0.29, 0.717) is 43.0 Å². The van der Waals surface area contributed by atoms with E-state index in [2.05, 4.69) is 15.5 Å². The Morgan fingerprint density at radius 2 is 1.34 bits per heavy atom. The Bertz CT molecular complexity index is 1800. The molecule has 58 heavy (non-hydrogen) atoms. The van der Waals surface area contributed by atoms with E-state index in [1.54, 1.807) is 22.1 Å². The summed E-state index contributed by atoms with van der Waals surface area (Å²) < 4.78 is 116. The van der Waals surface area contributed by atoms with Gasteiger partial charge in [0, 0.05) is 42.9 Å². The zero-order valence-electron chi connectivity index (χ0n) is 30.6. The molecule has 0 unspecified atom stereocenters. The minimum atomic E-state index is -5.08. The number of carboxylic acid groups (broad SMARTS) is 3. The van der Waals surface area contributed by atoms with E-state index < -0.39 is 54.2 Å². The summed E-state index contributed by atoms with van der Waals surface area (Å²) in [7, 11) is 7.47. The van der Waals surface area contributed by atoms with Crippen molar-refractivity contribution in [2.24, 2.45) is 0 Å². The van der Waals surface area contributed by atoms with Crippen LogP contribution in [-0.2, 0) is 36.9 Å². The Morgan fingerprint density at radius 3 is 1.78 bits per heavy atom. The number of carbonyl (C=O) groups is 5. The van der Waals surface area contributed by atoms with Crippen molar-refractivity contribution in [3.8, 4) is 16.9 Å². The second-order valence-corrected chi connectivity index (χ2v) is 12.1. The summed E-state index contributed by atoms with van der Waals surface area (Å²) in [5.74, 6) is -8.99. The number of benzene rings is 2. The number of H-pyrrole nitrogens is 1. The van der Waals surface area contributed by atoms with Crippen LogP contribution in [0.2, 0.25) is 0 Å². The van der Waals surface area contributed by atoms with Gasteiger partial charge in [-0.1, -0.05) is 24.3 Å². The molecule has 2 heterocycles. The summed E-state index contributed by atoms with van der Waals surface area (Å²) in [5, 5.41) is 30.8. The number of nitrogens with zero attached hydrogens (tertiary/aromatic N) is 4. The molecule has 4 rings (SSSR count). The Balaban J connectivity index is 0.000000655. The first-order valence-electron chi connectivity index (χ1n) is 15.9. The number of alkyl halides is 9. The summed E-state index contributed by atoms with van der Waals surface area (Å²) in [6.07, 6.45) is -11.8. The number of carboxylic acids is 3. The molecule has 15 nitrogen and oxygen atoms in total. The third-order valence-electron chi connectivity index (χ3n) is 6.98. The standard InChI is InChI=1S/C27H33FN6O3.3C2HF3O2/c1-32(2)9-10-37-25-12-21(20-14-29-30-15-20)22(28)13-23(25)31-27(36)24-11-18-7-5-6-8-19(18)16-34(24)26(35)17-33(3)4;3*3-2(4,5)1(6)7/h5-8,12-15,24H,9-11,16-17H2,1-4H3,(H,29,30)(H,31,36);3*(H,6,7)/t24-;;;/m1.../s1. The largest absolute Gasteiger partial charge is 0.490 e. The lowest BCUT2D eigenvalue weighted by molar-refractivity contribution is -0.193. The third-order valence-corrected chi connectivity index (χ3v) is 6.98. The van der Waals surface area contributed by atoms with E-state index in [1.807, 2.05) is 57.4 Å². The van der Waals surface area contributed by atoms with E-state index in [9.17, 15) is 49.1 Å². The highest BCUT2D eigenvalue weighted by Gasteiger charge is 2.40. The fourth-order valence-corrected chi connectivity index (χ4v) is 4.32. The van der Waals surface area contributed by atoms with E-state index in [4.69, 9.17) is 34.4 Å². The van der Waals surface area contributed by atoms with Gasteiger partial charge in [-0.05, 0) is 45.4 Å². The van der Waals surface area contributed by atoms with Crippen molar-refractivity contribution in [1.29, 1.82) is 0 Å². The molecule has 0 saturated carbocycles. The topological polar surface area (TPSA) is 206 Å². The number of halogens is 10. The first-order valence-corrected chi connectivity index (χ1v) is 15.9. The number of aliphatic carboxylic acids is 3. The number of hydrogen-bond donors (Lipinski definition) is 5. The molecule has 2 aromatic carbocycles. The molecule has 1 aliphatic rings. The average Bonchev–Trinajstić information content (AvgIpc) is 3.62. The maximum Gasteiger partial charge on any atom is 0.490 e. The molecular formula is C33H36F10N6O9. The molecule has 3 aromatic rings. The van der Waals surface area contributed by atoms with Gasteiger partial charge in [0.1, 0.15) is 24.2 Å². The number of likely N-dealkylation sites (N-methyl/N-ethyl adjacent to an activating group) is 2. The minimum Gasteiger partial charge on any atom is -0.490 e. The van der Waals surface area contributed by atoms with Crippen LogP contribution in [0.15, 0.2) is 48.8 Å². The maximum absolute atomic E-state index is 15.2. The van der Waals surface area contributed by atoms with Gasteiger partial charge >= 0.3 is 36.4 Å². The molecule has 0 bridgehead atoms. The van der Waals surface area contributed by atoms with Crippen molar-refractivity contribution in [1.82, 2.24) is 24.9 Å². The van der Waals surface area contributed by atoms with E-state index in [-0.39, 0.29) is 18.1 Å². The van der Waals surface area contributed by atoms with Gasteiger partial charge in [-0.15, -0.1) is 0 Å². The first kappa shape index (κ1) is 50.0. The Kier molecular flexibility index (Phi) is 18.6. The van der Waals surface area contributed by atoms with Crippen molar-refractivity contribution in [3.05, 3.63) is 65.7 Å². The van der Waals surface area contributed by atoms with Crippen molar-refractivity contribution in [2.45, 2.75) is 37.5 Å². The van der Waals surface area contributed by atoms with Crippen LogP contribution >= 0.6 is 0 Å². The monoisotopic (exact) mass is 850 g/mol. The molecule has 0 aliphatic carbocycles. The molecule has 5 N–H and O–H groups in total. The number of ether oxygens (including phenoxy) is 1. The highest BCUT2D eigenvalue weighted by molar-refractivity contribution is 5.99. The van der Waals surface area contributed by atoms with Crippen molar-refractivity contribution in [3.63, 3.8) is 0 Å². The van der Waals surface area contributed by atoms with Gasteiger partial charge < -0.3 is 40.1 Å². The number of nitrogens with one attached hydrogen (secondary N) is 2. The van der Waals surface area contributed by atoms with E-state index >= 15 is 4.39 Å². The predicted octanol–water partition coefficient (Wildman–Crippen LogP) is 4.51. The molecule has 1 aromatic heterocycles. The number of rotatable bonds is 9. The molecule has 322 valence electrons. The lowest BCUT2D eigenvalue weighted by Crippen LogP contribution is -2.52. The Hall–Kier alpha value is -5.98. The van der Waals surface area contributed by atoms with Crippen LogP contribution < -0.4 is 10.1 Å². The number of aromatic nitrogens is 2. The molecule has 0 radical (unpaired) electrons. The van der Waals surface area contributed by atoms with Crippen LogP contribution in [0.1, 0.15) is 11.1 Å². The predicted molar refractivity (Wildman–Crippen MR) is 181 cm³/mol. The van der Waals surface area contributed by atoms with Crippen LogP contribution in [0, 0.1) is 5.82 Å². The number of amides is 2. The summed E-state index contributed by atoms with van der Waals surface area (Å²) in [6, 6.07) is 9.87. The minimum absolute atomic E-state index is 0.149. The highest BCUT2D eigenvalue weighted by Crippen LogP contribution is 2.34. The lowest BCUT2D eigenvalue weighted by Gasteiger charge is -2.36. The van der Waals surface area contributed by atoms with Gasteiger partial charge in [0.15, 0.2) is 0 Å². The van der Waals surface area contributed by atoms with E-state index in [0.717, 1.165) is 11.1 Å². The van der Waals surface area contributed by atoms with Gasteiger partial charge in [0.25, 0.3) is 0 Å². The highest BCUT2D eigenvalue weighted by atomic mass is 19.4. The van der Waals surface area contributed by atoms with Crippen LogP contribution in [0.4, 0.5) is 49.6 Å². The number of carbonyl (C=O) groups excluding carboxylic acids is 2. The fraction of sp³-hybridized carbons (Fsp3) is 0.394. The quantitative estimate of drug-likeness (QED) is 0.189. The third kappa shape index (κ3) is 17.0. The summed E-state index contributed by atoms with van der Waals surface area (Å²) in [6.45, 7) is 1.49. The second-order valence-electron chi connectivity index (χ2n) is 12.1. The van der Waals surface area contributed by atoms with Gasteiger partial charge in [-0.25, -0.2) is 18.8 Å². The van der Waals surface area contributed by atoms with Crippen LogP contribution in [0.25, 0.3) is 11.1 Å². The zero-order chi connectivity index (χ0) is 44.8. The number of hydrogen-bond acceptors (Lipinski definition) is 9. The Morgan fingerprint density at radius 1 is 0.845 bits per heavy atom. The molecule has 25 heteroatoms. The van der Waals surface area contributed by atoms with Crippen molar-refractivity contribution in [2.75, 3.05) is 53.2 Å².